The normalized spacial score (nSPS) is 16.5. The summed E-state index contributed by atoms with van der Waals surface area (Å²) in [7, 11) is 0. The number of carbonyl (C=O) groups is 3. The fourth-order valence-corrected chi connectivity index (χ4v) is 1.98. The van der Waals surface area contributed by atoms with Gasteiger partial charge in [-0.3, -0.25) is 19.8 Å². The summed E-state index contributed by atoms with van der Waals surface area (Å²) in [4.78, 5) is 38.7. The Morgan fingerprint density at radius 1 is 1.44 bits per heavy atom. The number of aromatic nitrogens is 1. The lowest BCUT2D eigenvalue weighted by Gasteiger charge is -2.24. The number of nitrogens with one attached hydrogen (secondary N) is 1. The number of nitrogens with zero attached hydrogens (tertiary/aromatic N) is 2. The van der Waals surface area contributed by atoms with Crippen molar-refractivity contribution in [3.63, 3.8) is 0 Å². The van der Waals surface area contributed by atoms with Gasteiger partial charge in [0.05, 0.1) is 11.2 Å². The molecule has 0 bridgehead atoms. The van der Waals surface area contributed by atoms with Crippen LogP contribution < -0.4 is 5.32 Å². The molecule has 1 fully saturated rings. The van der Waals surface area contributed by atoms with Gasteiger partial charge in [-0.05, 0) is 0 Å². The summed E-state index contributed by atoms with van der Waals surface area (Å²) in [6.45, 7) is 0.252. The molecule has 84 valence electrons. The van der Waals surface area contributed by atoms with E-state index < -0.39 is 17.8 Å². The molecule has 1 aliphatic rings. The summed E-state index contributed by atoms with van der Waals surface area (Å²) >= 11 is 1.46. The van der Waals surface area contributed by atoms with Gasteiger partial charge in [0.25, 0.3) is 0 Å². The third-order valence-corrected chi connectivity index (χ3v) is 2.81. The second-order valence-electron chi connectivity index (χ2n) is 3.31. The molecule has 0 aliphatic carbocycles. The molecule has 0 saturated carbocycles. The first kappa shape index (κ1) is 10.7. The van der Waals surface area contributed by atoms with E-state index in [2.05, 4.69) is 10.3 Å². The Hall–Kier alpha value is -1.76. The highest BCUT2D eigenvalue weighted by Crippen LogP contribution is 2.06. The number of barbiturate groups is 1. The summed E-state index contributed by atoms with van der Waals surface area (Å²) in [5.74, 6) is -0.996. The summed E-state index contributed by atoms with van der Waals surface area (Å²) in [5, 5.41) is 3.96. The summed E-state index contributed by atoms with van der Waals surface area (Å²) in [6.07, 6.45) is 0.250. The monoisotopic (exact) mass is 239 g/mol. The third kappa shape index (κ3) is 2.25. The molecule has 16 heavy (non-hydrogen) atoms. The molecule has 6 nitrogen and oxygen atoms in total. The number of thiazole rings is 1. The molecule has 0 radical (unpaired) electrons. The van der Waals surface area contributed by atoms with Crippen LogP contribution in [0.1, 0.15) is 12.1 Å². The molecule has 1 aromatic heterocycles. The van der Waals surface area contributed by atoms with Crippen molar-refractivity contribution < 1.29 is 14.4 Å². The Morgan fingerprint density at radius 2 is 2.25 bits per heavy atom. The minimum Gasteiger partial charge on any atom is -0.277 e. The molecule has 4 amide bonds. The van der Waals surface area contributed by atoms with Gasteiger partial charge in [-0.25, -0.2) is 9.78 Å². The number of amides is 4. The van der Waals surface area contributed by atoms with Crippen molar-refractivity contribution in [2.24, 2.45) is 0 Å². The molecular weight excluding hydrogens is 230 g/mol. The van der Waals surface area contributed by atoms with Gasteiger partial charge in [0.15, 0.2) is 0 Å². The van der Waals surface area contributed by atoms with E-state index in [4.69, 9.17) is 0 Å². The first-order valence-corrected chi connectivity index (χ1v) is 5.62. The summed E-state index contributed by atoms with van der Waals surface area (Å²) in [5.41, 5.74) is 2.53. The maximum absolute atomic E-state index is 11.4. The average Bonchev–Trinajstić information content (AvgIpc) is 2.68. The Morgan fingerprint density at radius 3 is 2.88 bits per heavy atom. The van der Waals surface area contributed by atoms with E-state index >= 15 is 0 Å². The molecule has 0 atom stereocenters. The van der Waals surface area contributed by atoms with E-state index in [1.54, 1.807) is 5.51 Å². The Balaban J connectivity index is 1.96. The van der Waals surface area contributed by atoms with Gasteiger partial charge >= 0.3 is 6.03 Å². The second kappa shape index (κ2) is 4.40. The smallest absolute Gasteiger partial charge is 0.277 e. The van der Waals surface area contributed by atoms with Crippen LogP contribution in [0.2, 0.25) is 0 Å². The van der Waals surface area contributed by atoms with Crippen LogP contribution in [0.4, 0.5) is 4.79 Å². The first-order valence-electron chi connectivity index (χ1n) is 4.68. The van der Waals surface area contributed by atoms with Crippen molar-refractivity contribution in [2.75, 3.05) is 6.54 Å². The molecule has 1 N–H and O–H groups in total. The van der Waals surface area contributed by atoms with Crippen molar-refractivity contribution in [3.8, 4) is 0 Å². The predicted molar refractivity (Wildman–Crippen MR) is 55.7 cm³/mol. The van der Waals surface area contributed by atoms with Crippen molar-refractivity contribution in [3.05, 3.63) is 16.6 Å². The van der Waals surface area contributed by atoms with Crippen LogP contribution in [-0.4, -0.2) is 34.3 Å². The van der Waals surface area contributed by atoms with E-state index in [1.165, 1.54) is 11.3 Å². The van der Waals surface area contributed by atoms with Crippen molar-refractivity contribution in [1.82, 2.24) is 15.2 Å². The molecule has 0 spiro atoms. The fraction of sp³-hybridized carbons (Fsp3) is 0.333. The molecule has 0 aromatic carbocycles. The van der Waals surface area contributed by atoms with Crippen LogP contribution in [0.5, 0.6) is 0 Å². The number of urea groups is 1. The first-order chi connectivity index (χ1) is 7.66. The zero-order valence-electron chi connectivity index (χ0n) is 8.30. The van der Waals surface area contributed by atoms with E-state index in [1.807, 2.05) is 5.38 Å². The Kier molecular flexibility index (Phi) is 2.95. The number of hydrogen-bond donors (Lipinski definition) is 1. The molecular formula is C9H9N3O3S. The molecule has 0 unspecified atom stereocenters. The van der Waals surface area contributed by atoms with E-state index in [0.29, 0.717) is 6.42 Å². The standard InChI is InChI=1S/C9H9N3O3S/c13-7-3-8(14)12(9(15)11-7)2-1-6-4-16-5-10-6/h4-5H,1-3H2,(H,11,13,15). The largest absolute Gasteiger partial charge is 0.330 e. The highest BCUT2D eigenvalue weighted by Gasteiger charge is 2.30. The van der Waals surface area contributed by atoms with E-state index in [9.17, 15) is 14.4 Å². The average molecular weight is 239 g/mol. The van der Waals surface area contributed by atoms with Gasteiger partial charge in [-0.1, -0.05) is 0 Å². The summed E-state index contributed by atoms with van der Waals surface area (Å²) < 4.78 is 0. The van der Waals surface area contributed by atoms with Gasteiger partial charge in [-0.15, -0.1) is 11.3 Å². The van der Waals surface area contributed by atoms with Gasteiger partial charge in [0.2, 0.25) is 11.8 Å². The predicted octanol–water partition coefficient (Wildman–Crippen LogP) is 0.154. The van der Waals surface area contributed by atoms with Gasteiger partial charge in [0, 0.05) is 18.3 Å². The molecule has 1 saturated heterocycles. The zero-order valence-corrected chi connectivity index (χ0v) is 9.12. The molecule has 1 aromatic rings. The van der Waals surface area contributed by atoms with Crippen LogP contribution in [0, 0.1) is 0 Å². The maximum atomic E-state index is 11.4. The number of imide groups is 2. The quantitative estimate of drug-likeness (QED) is 0.762. The van der Waals surface area contributed by atoms with Crippen LogP contribution in [0.25, 0.3) is 0 Å². The number of carbonyl (C=O) groups excluding carboxylic acids is 3. The zero-order chi connectivity index (χ0) is 11.5. The van der Waals surface area contributed by atoms with Crippen LogP contribution >= 0.6 is 11.3 Å². The van der Waals surface area contributed by atoms with Crippen molar-refractivity contribution in [2.45, 2.75) is 12.8 Å². The molecule has 2 heterocycles. The van der Waals surface area contributed by atoms with E-state index in [-0.39, 0.29) is 13.0 Å². The molecule has 7 heteroatoms. The van der Waals surface area contributed by atoms with Gasteiger partial charge in [-0.2, -0.15) is 0 Å². The molecule has 2 rings (SSSR count). The van der Waals surface area contributed by atoms with Gasteiger partial charge in [0.1, 0.15) is 6.42 Å². The van der Waals surface area contributed by atoms with Crippen LogP contribution in [0.3, 0.4) is 0 Å². The summed E-state index contributed by atoms with van der Waals surface area (Å²) in [6, 6.07) is -0.642. The minimum absolute atomic E-state index is 0.252. The Labute approximate surface area is 95.3 Å². The lowest BCUT2D eigenvalue weighted by Crippen LogP contribution is -2.53. The molecule has 1 aliphatic heterocycles. The van der Waals surface area contributed by atoms with Crippen LogP contribution in [-0.2, 0) is 16.0 Å². The van der Waals surface area contributed by atoms with Crippen molar-refractivity contribution >= 4 is 29.2 Å². The highest BCUT2D eigenvalue weighted by molar-refractivity contribution is 7.07. The third-order valence-electron chi connectivity index (χ3n) is 2.18. The maximum Gasteiger partial charge on any atom is 0.330 e. The highest BCUT2D eigenvalue weighted by atomic mass is 32.1. The number of rotatable bonds is 3. The lowest BCUT2D eigenvalue weighted by atomic mass is 10.2. The second-order valence-corrected chi connectivity index (χ2v) is 4.02. The van der Waals surface area contributed by atoms with E-state index in [0.717, 1.165) is 10.6 Å². The lowest BCUT2D eigenvalue weighted by molar-refractivity contribution is -0.136. The van der Waals surface area contributed by atoms with Crippen molar-refractivity contribution in [1.29, 1.82) is 0 Å². The number of hydrogen-bond acceptors (Lipinski definition) is 5. The topological polar surface area (TPSA) is 79.4 Å². The van der Waals surface area contributed by atoms with Gasteiger partial charge < -0.3 is 0 Å². The SMILES string of the molecule is O=C1CC(=O)N(CCc2cscn2)C(=O)N1. The fourth-order valence-electron chi connectivity index (χ4n) is 1.39. The van der Waals surface area contributed by atoms with Crippen LogP contribution in [0.15, 0.2) is 10.9 Å². The Bertz CT molecular complexity index is 409. The minimum atomic E-state index is -0.642.